The molecule has 6 nitrogen and oxygen atoms in total. The molecule has 0 heterocycles. The van der Waals surface area contributed by atoms with Gasteiger partial charge in [0.15, 0.2) is 0 Å². The zero-order valence-corrected chi connectivity index (χ0v) is 13.2. The van der Waals surface area contributed by atoms with Crippen molar-refractivity contribution >= 4 is 11.9 Å². The van der Waals surface area contributed by atoms with E-state index in [1.807, 2.05) is 0 Å². The van der Waals surface area contributed by atoms with Crippen molar-refractivity contribution < 1.29 is 40.9 Å². The first-order chi connectivity index (χ1) is 7.99. The van der Waals surface area contributed by atoms with Crippen LogP contribution in [0.25, 0.3) is 0 Å². The molecule has 2 rings (SSSR count). The van der Waals surface area contributed by atoms with E-state index in [0.29, 0.717) is 12.5 Å². The molecule has 0 aliphatic heterocycles. The Labute approximate surface area is 128 Å². The smallest absolute Gasteiger partial charge is 0.549 e. The van der Waals surface area contributed by atoms with Gasteiger partial charge in [0.1, 0.15) is 0 Å². The van der Waals surface area contributed by atoms with Gasteiger partial charge in [0, 0.05) is 11.5 Å². The number of hydrogen-bond donors (Lipinski definition) is 2. The van der Waals surface area contributed by atoms with Crippen LogP contribution in [0.15, 0.2) is 0 Å². The molecule has 2 fully saturated rings. The monoisotopic (exact) mass is 453 g/mol. The van der Waals surface area contributed by atoms with Crippen LogP contribution < -0.4 is 22.1 Å². The fourth-order valence-corrected chi connectivity index (χ4v) is 2.16. The summed E-state index contributed by atoms with van der Waals surface area (Å²) in [6, 6.07) is 0.536. The van der Waals surface area contributed by atoms with Crippen LogP contribution in [0.2, 0.25) is 0 Å². The predicted octanol–water partition coefficient (Wildman–Crippen LogP) is -0.906. The summed E-state index contributed by atoms with van der Waals surface area (Å²) in [4.78, 5) is 20.4. The van der Waals surface area contributed by atoms with E-state index in [-0.39, 0.29) is 40.1 Å². The van der Waals surface area contributed by atoms with Crippen molar-refractivity contribution in [3.8, 4) is 0 Å². The molecule has 5 N–H and O–H groups in total. The summed E-state index contributed by atoms with van der Waals surface area (Å²) in [5, 5.41) is 20.4. The molecule has 0 aromatic heterocycles. The number of hydrogen-bond acceptors (Lipinski definition) is 6. The Morgan fingerprint density at radius 1 is 0.947 bits per heavy atom. The van der Waals surface area contributed by atoms with E-state index < -0.39 is 17.4 Å². The molecular weight excluding hydrogens is 431 g/mol. The molecule has 0 aromatic rings. The number of carbonyl (C=O) groups is 2. The van der Waals surface area contributed by atoms with Gasteiger partial charge in [-0.05, 0) is 25.7 Å². The molecule has 0 amide bonds. The average Bonchev–Trinajstić information content (AvgIpc) is 2.16. The zero-order chi connectivity index (χ0) is 12.9. The number of nitrogens with two attached hydrogens (primary N) is 1. The standard InChI is InChI=1S/C6H13N.C6H8O4.H3N.Pt/c7-6-4-2-1-3-5-6;7-4(8)6(5(9)10)2-1-3-6;;/h6H,1-5,7H2;1-3H2,(H,7,8)(H,9,10);1H3;/q;;;+2/p-2. The first kappa shape index (κ1) is 20.9. The summed E-state index contributed by atoms with van der Waals surface area (Å²) in [6.07, 6.45) is 7.59. The molecule has 0 unspecified atom stereocenters. The van der Waals surface area contributed by atoms with Crippen molar-refractivity contribution in [1.82, 2.24) is 6.15 Å². The van der Waals surface area contributed by atoms with Gasteiger partial charge in [0.2, 0.25) is 0 Å². The van der Waals surface area contributed by atoms with Crippen LogP contribution in [-0.2, 0) is 30.7 Å². The Bertz CT molecular complexity index is 273. The Hall–Kier alpha value is -0.452. The maximum absolute atomic E-state index is 10.2. The van der Waals surface area contributed by atoms with Gasteiger partial charge >= 0.3 is 21.1 Å². The van der Waals surface area contributed by atoms with Crippen molar-refractivity contribution in [2.45, 2.75) is 57.4 Å². The van der Waals surface area contributed by atoms with Gasteiger partial charge in [0.05, 0.1) is 11.9 Å². The van der Waals surface area contributed by atoms with Crippen LogP contribution in [-0.4, -0.2) is 18.0 Å². The van der Waals surface area contributed by atoms with Crippen LogP contribution in [0.5, 0.6) is 0 Å². The first-order valence-corrected chi connectivity index (χ1v) is 6.17. The van der Waals surface area contributed by atoms with Gasteiger partial charge in [0.25, 0.3) is 0 Å². The van der Waals surface area contributed by atoms with Gasteiger partial charge in [-0.25, -0.2) is 0 Å². The fourth-order valence-electron chi connectivity index (χ4n) is 2.16. The quantitative estimate of drug-likeness (QED) is 0.519. The average molecular weight is 453 g/mol. The van der Waals surface area contributed by atoms with Gasteiger partial charge < -0.3 is 31.7 Å². The van der Waals surface area contributed by atoms with Gasteiger partial charge in [-0.3, -0.25) is 0 Å². The van der Waals surface area contributed by atoms with E-state index in [0.717, 1.165) is 0 Å². The van der Waals surface area contributed by atoms with Crippen molar-refractivity contribution in [2.24, 2.45) is 11.1 Å². The summed E-state index contributed by atoms with van der Waals surface area (Å²) < 4.78 is 0. The maximum atomic E-state index is 10.2. The summed E-state index contributed by atoms with van der Waals surface area (Å²) >= 11 is 0. The van der Waals surface area contributed by atoms with E-state index in [9.17, 15) is 19.8 Å². The molecule has 0 saturated heterocycles. The van der Waals surface area contributed by atoms with Crippen molar-refractivity contribution in [3.63, 3.8) is 0 Å². The largest absolute Gasteiger partial charge is 2.00 e. The van der Waals surface area contributed by atoms with Crippen LogP contribution >= 0.6 is 0 Å². The number of carboxylic acids is 2. The summed E-state index contributed by atoms with van der Waals surface area (Å²) in [7, 11) is 0. The molecular formula is C12H22N2O4Pt. The van der Waals surface area contributed by atoms with Crippen LogP contribution in [0.1, 0.15) is 51.4 Å². The van der Waals surface area contributed by atoms with E-state index in [1.54, 1.807) is 0 Å². The van der Waals surface area contributed by atoms with Gasteiger partial charge in [-0.2, -0.15) is 0 Å². The van der Waals surface area contributed by atoms with Crippen molar-refractivity contribution in [1.29, 1.82) is 0 Å². The zero-order valence-electron chi connectivity index (χ0n) is 11.0. The summed E-state index contributed by atoms with van der Waals surface area (Å²) in [6.45, 7) is 0. The molecule has 114 valence electrons. The van der Waals surface area contributed by atoms with Crippen LogP contribution in [0, 0.1) is 5.41 Å². The predicted molar refractivity (Wildman–Crippen MR) is 62.4 cm³/mol. The number of carboxylic acid groups (broad SMARTS) is 2. The second-order valence-corrected chi connectivity index (χ2v) is 4.91. The molecule has 0 bridgehead atoms. The molecule has 0 radical (unpaired) electrons. The first-order valence-electron chi connectivity index (χ1n) is 6.17. The minimum atomic E-state index is -1.67. The second-order valence-electron chi connectivity index (χ2n) is 4.91. The molecule has 19 heavy (non-hydrogen) atoms. The second kappa shape index (κ2) is 9.45. The number of carbonyl (C=O) groups excluding carboxylic acids is 2. The van der Waals surface area contributed by atoms with Gasteiger partial charge in [-0.15, -0.1) is 0 Å². The minimum absolute atomic E-state index is 0. The molecule has 2 aliphatic carbocycles. The topological polar surface area (TPSA) is 141 Å². The molecule has 2 saturated carbocycles. The number of aliphatic carboxylic acids is 2. The third-order valence-electron chi connectivity index (χ3n) is 3.64. The third-order valence-corrected chi connectivity index (χ3v) is 3.64. The van der Waals surface area contributed by atoms with Crippen molar-refractivity contribution in [3.05, 3.63) is 0 Å². The molecule has 0 atom stereocenters. The Morgan fingerprint density at radius 2 is 1.37 bits per heavy atom. The normalized spacial score (nSPS) is 20.5. The summed E-state index contributed by atoms with van der Waals surface area (Å²) in [5.74, 6) is -3.03. The number of rotatable bonds is 2. The summed E-state index contributed by atoms with van der Waals surface area (Å²) in [5.41, 5.74) is 3.97. The Morgan fingerprint density at radius 3 is 1.47 bits per heavy atom. The van der Waals surface area contributed by atoms with Gasteiger partial charge in [-0.1, -0.05) is 25.7 Å². The van der Waals surface area contributed by atoms with E-state index >= 15 is 0 Å². The molecule has 7 heteroatoms. The fraction of sp³-hybridized carbons (Fsp3) is 0.833. The third kappa shape index (κ3) is 5.59. The van der Waals surface area contributed by atoms with E-state index in [1.165, 1.54) is 32.1 Å². The SMILES string of the molecule is N.NC1CCCCC1.O=C([O-])C1(C(=O)[O-])CCC1.[Pt+2]. The minimum Gasteiger partial charge on any atom is -0.549 e. The Kier molecular flexibility index (Phi) is 10.4. The van der Waals surface area contributed by atoms with Crippen molar-refractivity contribution in [2.75, 3.05) is 0 Å². The Balaban J connectivity index is 0. The maximum Gasteiger partial charge on any atom is 2.00 e. The molecule has 2 aliphatic rings. The molecule has 0 spiro atoms. The van der Waals surface area contributed by atoms with Crippen LogP contribution in [0.4, 0.5) is 0 Å². The van der Waals surface area contributed by atoms with Crippen LogP contribution in [0.3, 0.4) is 0 Å². The van der Waals surface area contributed by atoms with E-state index in [4.69, 9.17) is 5.73 Å². The molecule has 0 aromatic carbocycles. The van der Waals surface area contributed by atoms with E-state index in [2.05, 4.69) is 0 Å².